The summed E-state index contributed by atoms with van der Waals surface area (Å²) < 4.78 is 0. The summed E-state index contributed by atoms with van der Waals surface area (Å²) in [5.41, 5.74) is 2.89. The van der Waals surface area contributed by atoms with Crippen molar-refractivity contribution in [3.8, 4) is 0 Å². The molecule has 2 nitrogen and oxygen atoms in total. The van der Waals surface area contributed by atoms with Gasteiger partial charge in [0.1, 0.15) is 0 Å². The first-order valence-corrected chi connectivity index (χ1v) is 9.95. The summed E-state index contributed by atoms with van der Waals surface area (Å²) in [4.78, 5) is 11.4. The molecule has 0 aliphatic rings. The van der Waals surface area contributed by atoms with Crippen LogP contribution in [0.4, 0.5) is 0 Å². The summed E-state index contributed by atoms with van der Waals surface area (Å²) >= 11 is 0. The van der Waals surface area contributed by atoms with Gasteiger partial charge in [-0.1, -0.05) is 77.6 Å². The molecule has 0 fully saturated rings. The minimum Gasteiger partial charge on any atom is -0.356 e. The van der Waals surface area contributed by atoms with E-state index in [9.17, 15) is 4.79 Å². The molecule has 0 unspecified atom stereocenters. The second-order valence-corrected chi connectivity index (χ2v) is 7.07. The number of unbranched alkanes of at least 4 members (excludes halogenated alkanes) is 2. The van der Waals surface area contributed by atoms with Crippen molar-refractivity contribution in [1.82, 2.24) is 5.32 Å². The number of nitrogens with one attached hydrogen (secondary N) is 1. The van der Waals surface area contributed by atoms with Gasteiger partial charge in [0.25, 0.3) is 0 Å². The third-order valence-electron chi connectivity index (χ3n) is 5.24. The maximum atomic E-state index is 11.4. The first-order chi connectivity index (χ1) is 11.6. The Morgan fingerprint density at radius 1 is 1.00 bits per heavy atom. The van der Waals surface area contributed by atoms with Crippen LogP contribution in [-0.4, -0.2) is 12.5 Å². The van der Waals surface area contributed by atoms with Crippen LogP contribution in [0.25, 0.3) is 0 Å². The Hall–Kier alpha value is -1.31. The number of amides is 1. The van der Waals surface area contributed by atoms with Gasteiger partial charge >= 0.3 is 0 Å². The summed E-state index contributed by atoms with van der Waals surface area (Å²) in [6.45, 7) is 9.49. The van der Waals surface area contributed by atoms with Crippen molar-refractivity contribution in [2.45, 2.75) is 79.1 Å². The monoisotopic (exact) mass is 331 g/mol. The van der Waals surface area contributed by atoms with E-state index in [0.717, 1.165) is 18.9 Å². The minimum atomic E-state index is 0.172. The van der Waals surface area contributed by atoms with E-state index in [1.807, 2.05) is 6.92 Å². The highest BCUT2D eigenvalue weighted by atomic mass is 16.1. The van der Waals surface area contributed by atoms with Gasteiger partial charge in [0.2, 0.25) is 5.91 Å². The summed E-state index contributed by atoms with van der Waals surface area (Å²) in [7, 11) is 0. The molecule has 136 valence electrons. The molecule has 2 atom stereocenters. The lowest BCUT2D eigenvalue weighted by atomic mass is 9.86. The van der Waals surface area contributed by atoms with Crippen molar-refractivity contribution in [2.24, 2.45) is 11.8 Å². The van der Waals surface area contributed by atoms with E-state index in [2.05, 4.69) is 50.4 Å². The number of hydrogen-bond donors (Lipinski definition) is 1. The van der Waals surface area contributed by atoms with E-state index in [1.165, 1.54) is 49.7 Å². The fraction of sp³-hybridized carbons (Fsp3) is 0.682. The predicted molar refractivity (Wildman–Crippen MR) is 104 cm³/mol. The van der Waals surface area contributed by atoms with Crippen LogP contribution in [0.2, 0.25) is 0 Å². The summed E-state index contributed by atoms with van der Waals surface area (Å²) in [5.74, 6) is 1.48. The smallest absolute Gasteiger partial charge is 0.219 e. The quantitative estimate of drug-likeness (QED) is 0.501. The van der Waals surface area contributed by atoms with Gasteiger partial charge in [-0.15, -0.1) is 0 Å². The molecule has 2 heteroatoms. The molecule has 24 heavy (non-hydrogen) atoms. The van der Waals surface area contributed by atoms with E-state index in [4.69, 9.17) is 0 Å². The first kappa shape index (κ1) is 20.7. The standard InChI is InChI=1S/C22H37NO/c1-5-19-13-15-20(16-14-19)11-9-8-10-12-21(6-2)18(4)17-23-22(24)7-3/h13-16,18,21H,5-12,17H2,1-4H3,(H,23,24)/t18-,21+/m1/s1. The largest absolute Gasteiger partial charge is 0.356 e. The molecule has 0 saturated heterocycles. The lowest BCUT2D eigenvalue weighted by Gasteiger charge is -2.23. The third kappa shape index (κ3) is 7.99. The van der Waals surface area contributed by atoms with Gasteiger partial charge in [-0.2, -0.15) is 0 Å². The van der Waals surface area contributed by atoms with Gasteiger partial charge in [-0.25, -0.2) is 0 Å². The first-order valence-electron chi connectivity index (χ1n) is 9.95. The molecule has 0 aliphatic heterocycles. The minimum absolute atomic E-state index is 0.172. The lowest BCUT2D eigenvalue weighted by molar-refractivity contribution is -0.121. The van der Waals surface area contributed by atoms with E-state index in [1.54, 1.807) is 0 Å². The fourth-order valence-corrected chi connectivity index (χ4v) is 3.31. The van der Waals surface area contributed by atoms with Crippen LogP contribution < -0.4 is 5.32 Å². The van der Waals surface area contributed by atoms with Crippen LogP contribution >= 0.6 is 0 Å². The van der Waals surface area contributed by atoms with Crippen LogP contribution in [0, 0.1) is 11.8 Å². The van der Waals surface area contributed by atoms with Crippen LogP contribution in [0.1, 0.15) is 77.3 Å². The normalized spacial score (nSPS) is 13.5. The zero-order chi connectivity index (χ0) is 17.8. The molecule has 0 aromatic heterocycles. The van der Waals surface area contributed by atoms with Crippen molar-refractivity contribution >= 4 is 5.91 Å². The molecular weight excluding hydrogens is 294 g/mol. The van der Waals surface area contributed by atoms with Gasteiger partial charge in [0, 0.05) is 13.0 Å². The zero-order valence-electron chi connectivity index (χ0n) is 16.2. The Morgan fingerprint density at radius 2 is 1.67 bits per heavy atom. The Labute approximate surface area is 149 Å². The predicted octanol–water partition coefficient (Wildman–Crippen LogP) is 5.54. The van der Waals surface area contributed by atoms with Crippen molar-refractivity contribution in [3.05, 3.63) is 35.4 Å². The Balaban J connectivity index is 2.20. The highest BCUT2D eigenvalue weighted by Gasteiger charge is 2.15. The second-order valence-electron chi connectivity index (χ2n) is 7.07. The molecule has 1 N–H and O–H groups in total. The van der Waals surface area contributed by atoms with Gasteiger partial charge < -0.3 is 5.32 Å². The zero-order valence-corrected chi connectivity index (χ0v) is 16.2. The SMILES string of the molecule is CCC(=O)NC[C@@H](C)[C@@H](CC)CCCCCc1ccc(CC)cc1. The topological polar surface area (TPSA) is 29.1 Å². The Kier molecular flexibility index (Phi) is 10.5. The Morgan fingerprint density at radius 3 is 2.25 bits per heavy atom. The molecule has 1 amide bonds. The number of rotatable bonds is 12. The number of benzene rings is 1. The summed E-state index contributed by atoms with van der Waals surface area (Å²) in [6.07, 6.45) is 9.29. The number of carbonyl (C=O) groups is 1. The van der Waals surface area contributed by atoms with Crippen molar-refractivity contribution in [2.75, 3.05) is 6.54 Å². The number of hydrogen-bond acceptors (Lipinski definition) is 1. The molecule has 1 rings (SSSR count). The highest BCUT2D eigenvalue weighted by Crippen LogP contribution is 2.22. The molecule has 0 bridgehead atoms. The van der Waals surface area contributed by atoms with Gasteiger partial charge in [0.05, 0.1) is 0 Å². The van der Waals surface area contributed by atoms with E-state index >= 15 is 0 Å². The maximum Gasteiger partial charge on any atom is 0.219 e. The molecule has 0 aliphatic carbocycles. The van der Waals surface area contributed by atoms with Crippen molar-refractivity contribution < 1.29 is 4.79 Å². The molecule has 0 radical (unpaired) electrons. The molecular formula is C22H37NO. The highest BCUT2D eigenvalue weighted by molar-refractivity contribution is 5.75. The Bertz CT molecular complexity index is 452. The van der Waals surface area contributed by atoms with E-state index in [0.29, 0.717) is 12.3 Å². The van der Waals surface area contributed by atoms with Crippen molar-refractivity contribution in [1.29, 1.82) is 0 Å². The summed E-state index contributed by atoms with van der Waals surface area (Å²) in [5, 5.41) is 3.04. The third-order valence-corrected chi connectivity index (χ3v) is 5.24. The van der Waals surface area contributed by atoms with Crippen LogP contribution in [0.3, 0.4) is 0 Å². The fourth-order valence-electron chi connectivity index (χ4n) is 3.31. The maximum absolute atomic E-state index is 11.4. The van der Waals surface area contributed by atoms with E-state index in [-0.39, 0.29) is 5.91 Å². The number of carbonyl (C=O) groups excluding carboxylic acids is 1. The van der Waals surface area contributed by atoms with Gasteiger partial charge in [0.15, 0.2) is 0 Å². The molecule has 0 heterocycles. The van der Waals surface area contributed by atoms with Crippen LogP contribution in [0.5, 0.6) is 0 Å². The summed E-state index contributed by atoms with van der Waals surface area (Å²) in [6, 6.07) is 9.09. The lowest BCUT2D eigenvalue weighted by Crippen LogP contribution is -2.30. The molecule has 1 aromatic carbocycles. The molecule has 0 saturated carbocycles. The average molecular weight is 332 g/mol. The van der Waals surface area contributed by atoms with Gasteiger partial charge in [-0.05, 0) is 42.2 Å². The van der Waals surface area contributed by atoms with Crippen LogP contribution in [-0.2, 0) is 17.6 Å². The second kappa shape index (κ2) is 12.1. The van der Waals surface area contributed by atoms with Crippen molar-refractivity contribution in [3.63, 3.8) is 0 Å². The number of aryl methyl sites for hydroxylation is 2. The average Bonchev–Trinajstić information content (AvgIpc) is 2.62. The van der Waals surface area contributed by atoms with Gasteiger partial charge in [-0.3, -0.25) is 4.79 Å². The molecule has 0 spiro atoms. The van der Waals surface area contributed by atoms with Crippen LogP contribution in [0.15, 0.2) is 24.3 Å². The van der Waals surface area contributed by atoms with E-state index < -0.39 is 0 Å². The molecule has 1 aromatic rings.